The van der Waals surface area contributed by atoms with Crippen LogP contribution < -0.4 is 5.56 Å². The maximum Gasteiger partial charge on any atom is 0.262 e. The summed E-state index contributed by atoms with van der Waals surface area (Å²) in [6.07, 6.45) is 5.82. The molecule has 1 aliphatic carbocycles. The van der Waals surface area contributed by atoms with Crippen LogP contribution in [-0.4, -0.2) is 38.7 Å². The molecule has 0 radical (unpaired) electrons. The van der Waals surface area contributed by atoms with Crippen LogP contribution in [-0.2, 0) is 11.8 Å². The van der Waals surface area contributed by atoms with Crippen molar-refractivity contribution in [3.8, 4) is 10.4 Å². The molecule has 1 amide bonds. The van der Waals surface area contributed by atoms with Crippen molar-refractivity contribution in [3.05, 3.63) is 46.8 Å². The van der Waals surface area contributed by atoms with Gasteiger partial charge >= 0.3 is 0 Å². The molecule has 0 saturated heterocycles. The molecule has 7 heteroatoms. The van der Waals surface area contributed by atoms with E-state index in [1.807, 2.05) is 55.3 Å². The first-order valence-corrected chi connectivity index (χ1v) is 12.1. The van der Waals surface area contributed by atoms with Gasteiger partial charge in [0.05, 0.1) is 10.6 Å². The summed E-state index contributed by atoms with van der Waals surface area (Å²) in [5.74, 6) is 0.109. The molecule has 0 bridgehead atoms. The Morgan fingerprint density at radius 3 is 2.63 bits per heavy atom. The summed E-state index contributed by atoms with van der Waals surface area (Å²) < 4.78 is 1.57. The number of benzene rings is 1. The highest BCUT2D eigenvalue weighted by Gasteiger charge is 2.27. The van der Waals surface area contributed by atoms with Crippen molar-refractivity contribution in [2.75, 3.05) is 7.05 Å². The normalized spacial score (nSPS) is 16.0. The molecule has 158 valence electrons. The standard InChI is InChI=1S/C23H27N3O2S2/c1-15(21(27)25(2)17-12-8-5-9-13-17)29-23-24-20-18(22(28)26(23)3)14-19(30-20)16-10-6-4-7-11-16/h4,6-7,10-11,14-15,17H,5,8-9,12-13H2,1-3H3. The lowest BCUT2D eigenvalue weighted by molar-refractivity contribution is -0.131. The molecule has 1 aliphatic rings. The van der Waals surface area contributed by atoms with E-state index >= 15 is 0 Å². The molecule has 1 fully saturated rings. The molecule has 1 unspecified atom stereocenters. The smallest absolute Gasteiger partial charge is 0.262 e. The van der Waals surface area contributed by atoms with Crippen molar-refractivity contribution in [2.45, 2.75) is 55.5 Å². The van der Waals surface area contributed by atoms with Gasteiger partial charge < -0.3 is 4.90 Å². The molecule has 1 atom stereocenters. The number of thioether (sulfide) groups is 1. The third-order valence-corrected chi connectivity index (χ3v) is 8.10. The number of thiophene rings is 1. The Morgan fingerprint density at radius 1 is 1.23 bits per heavy atom. The number of rotatable bonds is 5. The number of nitrogens with zero attached hydrogens (tertiary/aromatic N) is 3. The lowest BCUT2D eigenvalue weighted by Crippen LogP contribution is -2.42. The second kappa shape index (κ2) is 8.94. The van der Waals surface area contributed by atoms with Gasteiger partial charge in [-0.05, 0) is 31.4 Å². The van der Waals surface area contributed by atoms with Crippen molar-refractivity contribution in [3.63, 3.8) is 0 Å². The fourth-order valence-electron chi connectivity index (χ4n) is 4.04. The predicted molar refractivity (Wildman–Crippen MR) is 125 cm³/mol. The molecule has 2 heterocycles. The molecule has 1 saturated carbocycles. The van der Waals surface area contributed by atoms with Gasteiger partial charge in [-0.15, -0.1) is 11.3 Å². The molecule has 0 aliphatic heterocycles. The minimum absolute atomic E-state index is 0.0683. The number of hydrogen-bond acceptors (Lipinski definition) is 5. The highest BCUT2D eigenvalue weighted by Crippen LogP contribution is 2.33. The highest BCUT2D eigenvalue weighted by molar-refractivity contribution is 8.00. The first-order chi connectivity index (χ1) is 14.5. The Balaban J connectivity index is 1.58. The first kappa shape index (κ1) is 21.1. The molecule has 5 nitrogen and oxygen atoms in total. The number of carbonyl (C=O) groups is 1. The van der Waals surface area contributed by atoms with Gasteiger partial charge in [0.15, 0.2) is 5.16 Å². The van der Waals surface area contributed by atoms with Crippen molar-refractivity contribution in [1.82, 2.24) is 14.5 Å². The highest BCUT2D eigenvalue weighted by atomic mass is 32.2. The van der Waals surface area contributed by atoms with Crippen LogP contribution in [0.2, 0.25) is 0 Å². The monoisotopic (exact) mass is 441 g/mol. The fourth-order valence-corrected chi connectivity index (χ4v) is 6.09. The van der Waals surface area contributed by atoms with E-state index in [2.05, 4.69) is 0 Å². The molecule has 0 N–H and O–H groups in total. The van der Waals surface area contributed by atoms with E-state index in [9.17, 15) is 9.59 Å². The summed E-state index contributed by atoms with van der Waals surface area (Å²) >= 11 is 2.89. The number of fused-ring (bicyclic) bond motifs is 1. The molecule has 3 aromatic rings. The summed E-state index contributed by atoms with van der Waals surface area (Å²) in [6, 6.07) is 12.3. The molecular weight excluding hydrogens is 414 g/mol. The summed E-state index contributed by atoms with van der Waals surface area (Å²) in [4.78, 5) is 34.3. The number of hydrogen-bond donors (Lipinski definition) is 0. The second-order valence-electron chi connectivity index (χ2n) is 7.96. The largest absolute Gasteiger partial charge is 0.342 e. The van der Waals surface area contributed by atoms with Gasteiger partial charge in [-0.25, -0.2) is 4.98 Å². The van der Waals surface area contributed by atoms with E-state index in [4.69, 9.17) is 4.98 Å². The van der Waals surface area contributed by atoms with Crippen LogP contribution in [0.1, 0.15) is 39.0 Å². The van der Waals surface area contributed by atoms with Gasteiger partial charge in [0.2, 0.25) is 5.91 Å². The number of aromatic nitrogens is 2. The van der Waals surface area contributed by atoms with Gasteiger partial charge in [-0.3, -0.25) is 14.2 Å². The van der Waals surface area contributed by atoms with Gasteiger partial charge in [-0.1, -0.05) is 61.4 Å². The third-order valence-electron chi connectivity index (χ3n) is 5.89. The Bertz CT molecular complexity index is 1100. The van der Waals surface area contributed by atoms with Crippen LogP contribution in [0.15, 0.2) is 46.3 Å². The summed E-state index contributed by atoms with van der Waals surface area (Å²) in [5, 5.41) is 0.928. The van der Waals surface area contributed by atoms with Gasteiger partial charge in [0.25, 0.3) is 5.56 Å². The van der Waals surface area contributed by atoms with Gasteiger partial charge in [-0.2, -0.15) is 0 Å². The SMILES string of the molecule is CC(Sc1nc2sc(-c3ccccc3)cc2c(=O)n1C)C(=O)N(C)C1CCCCC1. The van der Waals surface area contributed by atoms with E-state index < -0.39 is 0 Å². The van der Waals surface area contributed by atoms with Crippen molar-refractivity contribution < 1.29 is 4.79 Å². The van der Waals surface area contributed by atoms with Gasteiger partial charge in [0.1, 0.15) is 4.83 Å². The average Bonchev–Trinajstić information content (AvgIpc) is 3.21. The Hall–Kier alpha value is -2.12. The predicted octanol–water partition coefficient (Wildman–Crippen LogP) is 4.93. The van der Waals surface area contributed by atoms with Crippen molar-refractivity contribution in [1.29, 1.82) is 0 Å². The molecule has 30 heavy (non-hydrogen) atoms. The fraction of sp³-hybridized carbons (Fsp3) is 0.435. The van der Waals surface area contributed by atoms with Crippen LogP contribution in [0.5, 0.6) is 0 Å². The van der Waals surface area contributed by atoms with E-state index in [1.54, 1.807) is 11.6 Å². The zero-order chi connectivity index (χ0) is 21.3. The van der Waals surface area contributed by atoms with E-state index in [0.29, 0.717) is 16.6 Å². The zero-order valence-corrected chi connectivity index (χ0v) is 19.3. The minimum atomic E-state index is -0.291. The van der Waals surface area contributed by atoms with Crippen molar-refractivity contribution >= 4 is 39.2 Å². The van der Waals surface area contributed by atoms with Crippen LogP contribution in [0.3, 0.4) is 0 Å². The van der Waals surface area contributed by atoms with Gasteiger partial charge in [0, 0.05) is 25.0 Å². The summed E-state index contributed by atoms with van der Waals surface area (Å²) in [7, 11) is 3.65. The topological polar surface area (TPSA) is 55.2 Å². The maximum absolute atomic E-state index is 13.0. The lowest BCUT2D eigenvalue weighted by atomic mass is 9.94. The molecule has 1 aromatic carbocycles. The maximum atomic E-state index is 13.0. The minimum Gasteiger partial charge on any atom is -0.342 e. The average molecular weight is 442 g/mol. The third kappa shape index (κ3) is 4.18. The van der Waals surface area contributed by atoms with E-state index in [-0.39, 0.29) is 16.7 Å². The van der Waals surface area contributed by atoms with E-state index in [1.165, 1.54) is 42.4 Å². The number of amides is 1. The quantitative estimate of drug-likeness (QED) is 0.416. The first-order valence-electron chi connectivity index (χ1n) is 10.4. The van der Waals surface area contributed by atoms with E-state index in [0.717, 1.165) is 28.1 Å². The zero-order valence-electron chi connectivity index (χ0n) is 17.6. The molecular formula is C23H27N3O2S2. The second-order valence-corrected chi connectivity index (χ2v) is 10.3. The lowest BCUT2D eigenvalue weighted by Gasteiger charge is -2.32. The van der Waals surface area contributed by atoms with Crippen LogP contribution in [0.25, 0.3) is 20.7 Å². The Labute approximate surface area is 185 Å². The van der Waals surface area contributed by atoms with Crippen LogP contribution >= 0.6 is 23.1 Å². The summed E-state index contributed by atoms with van der Waals surface area (Å²) in [5.41, 5.74) is 1.01. The Morgan fingerprint density at radius 2 is 1.93 bits per heavy atom. The molecule has 2 aromatic heterocycles. The number of carbonyl (C=O) groups excluding carboxylic acids is 1. The van der Waals surface area contributed by atoms with Crippen LogP contribution in [0, 0.1) is 0 Å². The molecule has 0 spiro atoms. The van der Waals surface area contributed by atoms with Crippen LogP contribution in [0.4, 0.5) is 0 Å². The van der Waals surface area contributed by atoms with Crippen molar-refractivity contribution in [2.24, 2.45) is 7.05 Å². The summed E-state index contributed by atoms with van der Waals surface area (Å²) in [6.45, 7) is 1.91. The Kier molecular flexibility index (Phi) is 6.29. The molecule has 4 rings (SSSR count).